The fourth-order valence-electron chi connectivity index (χ4n) is 1.75. The SMILES string of the molecule is CCC(CC)(CO)CNS(=O)(=O)c1ccc(Cl)c(Cl)c1. The summed E-state index contributed by atoms with van der Waals surface area (Å²) in [5, 5.41) is 9.94. The van der Waals surface area contributed by atoms with E-state index in [4.69, 9.17) is 23.2 Å². The fraction of sp³-hybridized carbons (Fsp3) is 0.538. The standard InChI is InChI=1S/C13H19Cl2NO3S/c1-3-13(4-2,9-17)8-16-20(18,19)10-5-6-11(14)12(15)7-10/h5-7,16-17H,3-4,8-9H2,1-2H3. The van der Waals surface area contributed by atoms with Crippen LogP contribution in [0.1, 0.15) is 26.7 Å². The van der Waals surface area contributed by atoms with E-state index in [0.29, 0.717) is 17.9 Å². The van der Waals surface area contributed by atoms with Gasteiger partial charge in [0.1, 0.15) is 0 Å². The number of hydrogen-bond acceptors (Lipinski definition) is 3. The molecule has 0 aromatic heterocycles. The molecule has 0 saturated carbocycles. The molecule has 1 rings (SSSR count). The number of benzene rings is 1. The maximum atomic E-state index is 12.2. The lowest BCUT2D eigenvalue weighted by atomic mass is 9.84. The minimum Gasteiger partial charge on any atom is -0.396 e. The van der Waals surface area contributed by atoms with Crippen molar-refractivity contribution in [2.75, 3.05) is 13.2 Å². The Balaban J connectivity index is 2.92. The Labute approximate surface area is 130 Å². The van der Waals surface area contributed by atoms with Crippen molar-refractivity contribution in [2.45, 2.75) is 31.6 Å². The van der Waals surface area contributed by atoms with E-state index in [1.165, 1.54) is 18.2 Å². The molecule has 0 radical (unpaired) electrons. The van der Waals surface area contributed by atoms with Crippen LogP contribution in [0.2, 0.25) is 10.0 Å². The van der Waals surface area contributed by atoms with E-state index >= 15 is 0 Å². The van der Waals surface area contributed by atoms with Crippen LogP contribution < -0.4 is 4.72 Å². The highest BCUT2D eigenvalue weighted by Gasteiger charge is 2.28. The molecule has 114 valence electrons. The van der Waals surface area contributed by atoms with E-state index < -0.39 is 15.4 Å². The molecule has 0 atom stereocenters. The van der Waals surface area contributed by atoms with Gasteiger partial charge >= 0.3 is 0 Å². The molecular formula is C13H19Cl2NO3S. The lowest BCUT2D eigenvalue weighted by Gasteiger charge is -2.29. The Bertz CT molecular complexity index is 548. The number of nitrogens with one attached hydrogen (secondary N) is 1. The smallest absolute Gasteiger partial charge is 0.240 e. The van der Waals surface area contributed by atoms with Crippen molar-refractivity contribution in [1.82, 2.24) is 4.72 Å². The topological polar surface area (TPSA) is 66.4 Å². The van der Waals surface area contributed by atoms with Crippen molar-refractivity contribution in [3.8, 4) is 0 Å². The second-order valence-electron chi connectivity index (χ2n) is 4.77. The maximum Gasteiger partial charge on any atom is 0.240 e. The lowest BCUT2D eigenvalue weighted by Crippen LogP contribution is -2.39. The predicted molar refractivity (Wildman–Crippen MR) is 81.8 cm³/mol. The summed E-state index contributed by atoms with van der Waals surface area (Å²) < 4.78 is 26.9. The van der Waals surface area contributed by atoms with Crippen LogP contribution in [-0.2, 0) is 10.0 Å². The number of sulfonamides is 1. The summed E-state index contributed by atoms with van der Waals surface area (Å²) in [7, 11) is -3.67. The Morgan fingerprint density at radius 2 is 1.80 bits per heavy atom. The summed E-state index contributed by atoms with van der Waals surface area (Å²) in [6, 6.07) is 4.15. The quantitative estimate of drug-likeness (QED) is 0.802. The summed E-state index contributed by atoms with van der Waals surface area (Å²) in [6.45, 7) is 3.96. The molecule has 4 nitrogen and oxygen atoms in total. The minimum absolute atomic E-state index is 0.0611. The van der Waals surface area contributed by atoms with Crippen LogP contribution in [0.4, 0.5) is 0 Å². The Hall–Kier alpha value is -0.330. The number of halogens is 2. The maximum absolute atomic E-state index is 12.2. The third-order valence-corrected chi connectivity index (χ3v) is 5.81. The van der Waals surface area contributed by atoms with Crippen LogP contribution in [0.15, 0.2) is 23.1 Å². The highest BCUT2D eigenvalue weighted by Crippen LogP contribution is 2.27. The van der Waals surface area contributed by atoms with Crippen molar-refractivity contribution in [1.29, 1.82) is 0 Å². The van der Waals surface area contributed by atoms with Gasteiger partial charge in [-0.25, -0.2) is 13.1 Å². The molecule has 0 unspecified atom stereocenters. The normalized spacial score (nSPS) is 12.7. The van der Waals surface area contributed by atoms with E-state index in [9.17, 15) is 13.5 Å². The van der Waals surface area contributed by atoms with Gasteiger partial charge in [0.05, 0.1) is 14.9 Å². The molecule has 0 bridgehead atoms. The zero-order valence-corrected chi connectivity index (χ0v) is 13.8. The van der Waals surface area contributed by atoms with E-state index in [1.807, 2.05) is 13.8 Å². The molecular weight excluding hydrogens is 321 g/mol. The zero-order valence-electron chi connectivity index (χ0n) is 11.5. The molecule has 0 amide bonds. The molecule has 0 heterocycles. The summed E-state index contributed by atoms with van der Waals surface area (Å²) in [5.41, 5.74) is -0.441. The van der Waals surface area contributed by atoms with Crippen LogP contribution >= 0.6 is 23.2 Å². The van der Waals surface area contributed by atoms with E-state index in [1.54, 1.807) is 0 Å². The first-order chi connectivity index (χ1) is 9.30. The van der Waals surface area contributed by atoms with Crippen LogP contribution in [0.5, 0.6) is 0 Å². The second kappa shape index (κ2) is 7.09. The van der Waals surface area contributed by atoms with Gasteiger partial charge in [0.15, 0.2) is 0 Å². The van der Waals surface area contributed by atoms with Gasteiger partial charge in [-0.15, -0.1) is 0 Å². The largest absolute Gasteiger partial charge is 0.396 e. The first-order valence-corrected chi connectivity index (χ1v) is 8.59. The van der Waals surface area contributed by atoms with Crippen molar-refractivity contribution < 1.29 is 13.5 Å². The Kier molecular flexibility index (Phi) is 6.28. The van der Waals surface area contributed by atoms with Crippen molar-refractivity contribution in [2.24, 2.45) is 5.41 Å². The molecule has 0 aliphatic rings. The number of aliphatic hydroxyl groups excluding tert-OH is 1. The van der Waals surface area contributed by atoms with Gasteiger partial charge in [0.25, 0.3) is 0 Å². The highest BCUT2D eigenvalue weighted by atomic mass is 35.5. The number of hydrogen-bond donors (Lipinski definition) is 2. The Morgan fingerprint density at radius 3 is 2.25 bits per heavy atom. The van der Waals surface area contributed by atoms with Crippen LogP contribution in [-0.4, -0.2) is 26.7 Å². The van der Waals surface area contributed by atoms with Crippen LogP contribution in [0, 0.1) is 5.41 Å². The van der Waals surface area contributed by atoms with E-state index in [2.05, 4.69) is 4.72 Å². The van der Waals surface area contributed by atoms with Crippen LogP contribution in [0.25, 0.3) is 0 Å². The zero-order chi connectivity index (χ0) is 15.4. The molecule has 20 heavy (non-hydrogen) atoms. The van der Waals surface area contributed by atoms with E-state index in [0.717, 1.165) is 0 Å². The minimum atomic E-state index is -3.67. The summed E-state index contributed by atoms with van der Waals surface area (Å²) in [4.78, 5) is 0.0611. The van der Waals surface area contributed by atoms with Gasteiger partial charge < -0.3 is 5.11 Å². The molecule has 0 aliphatic heterocycles. The fourth-order valence-corrected chi connectivity index (χ4v) is 3.30. The highest BCUT2D eigenvalue weighted by molar-refractivity contribution is 7.89. The van der Waals surface area contributed by atoms with Crippen molar-refractivity contribution >= 4 is 33.2 Å². The summed E-state index contributed by atoms with van der Waals surface area (Å²) >= 11 is 11.6. The molecule has 1 aromatic rings. The van der Waals surface area contributed by atoms with Gasteiger partial charge in [0.2, 0.25) is 10.0 Å². The number of rotatable bonds is 7. The first kappa shape index (κ1) is 17.7. The predicted octanol–water partition coefficient (Wildman–Crippen LogP) is 3.07. The van der Waals surface area contributed by atoms with Gasteiger partial charge in [0, 0.05) is 18.6 Å². The van der Waals surface area contributed by atoms with Crippen molar-refractivity contribution in [3.63, 3.8) is 0 Å². The Morgan fingerprint density at radius 1 is 1.20 bits per heavy atom. The lowest BCUT2D eigenvalue weighted by molar-refractivity contribution is 0.119. The molecule has 7 heteroatoms. The third kappa shape index (κ3) is 4.09. The summed E-state index contributed by atoms with van der Waals surface area (Å²) in [6.07, 6.45) is 1.37. The van der Waals surface area contributed by atoms with Gasteiger partial charge in [-0.1, -0.05) is 37.0 Å². The summed E-state index contributed by atoms with van der Waals surface area (Å²) in [5.74, 6) is 0. The molecule has 0 spiro atoms. The number of aliphatic hydroxyl groups is 1. The first-order valence-electron chi connectivity index (χ1n) is 6.36. The third-order valence-electron chi connectivity index (χ3n) is 3.67. The van der Waals surface area contributed by atoms with Crippen molar-refractivity contribution in [3.05, 3.63) is 28.2 Å². The average Bonchev–Trinajstić information content (AvgIpc) is 2.44. The van der Waals surface area contributed by atoms with Crippen LogP contribution in [0.3, 0.4) is 0 Å². The molecule has 2 N–H and O–H groups in total. The monoisotopic (exact) mass is 339 g/mol. The average molecular weight is 340 g/mol. The molecule has 0 saturated heterocycles. The molecule has 0 fully saturated rings. The van der Waals surface area contributed by atoms with Gasteiger partial charge in [-0.2, -0.15) is 0 Å². The second-order valence-corrected chi connectivity index (χ2v) is 7.35. The van der Waals surface area contributed by atoms with E-state index in [-0.39, 0.29) is 23.1 Å². The molecule has 0 aliphatic carbocycles. The van der Waals surface area contributed by atoms with Gasteiger partial charge in [-0.05, 0) is 31.0 Å². The van der Waals surface area contributed by atoms with Gasteiger partial charge in [-0.3, -0.25) is 0 Å². The molecule has 1 aromatic carbocycles.